The van der Waals surface area contributed by atoms with Crippen LogP contribution in [0.3, 0.4) is 0 Å². The highest BCUT2D eigenvalue weighted by atomic mass is 32.2. The lowest BCUT2D eigenvalue weighted by Gasteiger charge is -2.22. The van der Waals surface area contributed by atoms with Gasteiger partial charge in [0, 0.05) is 57.6 Å². The van der Waals surface area contributed by atoms with Crippen molar-refractivity contribution in [1.82, 2.24) is 29.0 Å². The highest BCUT2D eigenvalue weighted by Gasteiger charge is 2.41. The van der Waals surface area contributed by atoms with E-state index < -0.39 is 10.0 Å². The quantitative estimate of drug-likeness (QED) is 0.650. The molecule has 2 atom stereocenters. The Balaban J connectivity index is 1.61. The average Bonchev–Trinajstić information content (AvgIpc) is 3.47. The molecule has 0 amide bonds. The van der Waals surface area contributed by atoms with Crippen molar-refractivity contribution in [2.45, 2.75) is 37.1 Å². The summed E-state index contributed by atoms with van der Waals surface area (Å²) < 4.78 is 29.8. The summed E-state index contributed by atoms with van der Waals surface area (Å²) >= 11 is 0. The van der Waals surface area contributed by atoms with E-state index in [4.69, 9.17) is 4.98 Å². The molecule has 2 aromatic heterocycles. The number of aromatic nitrogens is 4. The van der Waals surface area contributed by atoms with E-state index in [0.29, 0.717) is 19.6 Å². The minimum atomic E-state index is -3.59. The first-order valence-corrected chi connectivity index (χ1v) is 12.1. The molecule has 164 valence electrons. The molecule has 0 unspecified atom stereocenters. The van der Waals surface area contributed by atoms with Crippen LogP contribution >= 0.6 is 0 Å². The zero-order valence-corrected chi connectivity index (χ0v) is 18.8. The van der Waals surface area contributed by atoms with E-state index in [1.165, 1.54) is 6.20 Å². The van der Waals surface area contributed by atoms with Crippen LogP contribution in [0, 0.1) is 5.92 Å². The molecular weight excluding hydrogens is 402 g/mol. The maximum Gasteiger partial charge on any atom is 0.246 e. The zero-order chi connectivity index (χ0) is 21.3. The standard InChI is InChI=1S/C20H31N7O2S/c1-4-26-14-17(11-22-26)30(28,29)27-13-16(12-24(2)3)18(15-27)19-7-8-21-20(23-19)25-9-5-6-10-25/h7-8,11,14,16,18H,4-6,9-10,12-13,15H2,1-3H3/t16-,18-/m1/s1. The van der Waals surface area contributed by atoms with Gasteiger partial charge in [-0.15, -0.1) is 0 Å². The fraction of sp³-hybridized carbons (Fsp3) is 0.650. The van der Waals surface area contributed by atoms with Crippen LogP contribution in [0.1, 0.15) is 31.4 Å². The SMILES string of the molecule is CCn1cc(S(=O)(=O)N2C[C@@H](CN(C)C)[C@H](c3ccnc(N4CCCC4)n3)C2)cn1. The molecule has 2 aliphatic rings. The molecule has 9 nitrogen and oxygen atoms in total. The van der Waals surface area contributed by atoms with Gasteiger partial charge in [0.2, 0.25) is 16.0 Å². The Morgan fingerprint density at radius 1 is 1.20 bits per heavy atom. The molecule has 4 heterocycles. The van der Waals surface area contributed by atoms with Crippen LogP contribution in [0.4, 0.5) is 5.95 Å². The van der Waals surface area contributed by atoms with Crippen molar-refractivity contribution in [3.8, 4) is 0 Å². The molecule has 0 saturated carbocycles. The maximum absolute atomic E-state index is 13.3. The molecule has 10 heteroatoms. The first-order valence-electron chi connectivity index (χ1n) is 10.6. The number of hydrogen-bond donors (Lipinski definition) is 0. The summed E-state index contributed by atoms with van der Waals surface area (Å²) in [7, 11) is 0.460. The van der Waals surface area contributed by atoms with Gasteiger partial charge in [-0.2, -0.15) is 9.40 Å². The van der Waals surface area contributed by atoms with Crippen molar-refractivity contribution in [3.05, 3.63) is 30.4 Å². The van der Waals surface area contributed by atoms with Gasteiger partial charge in [0.1, 0.15) is 4.90 Å². The van der Waals surface area contributed by atoms with E-state index >= 15 is 0 Å². The second-order valence-corrected chi connectivity index (χ2v) is 10.4. The third kappa shape index (κ3) is 4.21. The molecule has 0 aromatic carbocycles. The van der Waals surface area contributed by atoms with Crippen LogP contribution in [0.15, 0.2) is 29.6 Å². The molecular formula is C20H31N7O2S. The van der Waals surface area contributed by atoms with E-state index in [2.05, 4.69) is 19.9 Å². The summed E-state index contributed by atoms with van der Waals surface area (Å²) in [4.78, 5) is 13.9. The van der Waals surface area contributed by atoms with E-state index in [0.717, 1.165) is 44.1 Å². The van der Waals surface area contributed by atoms with E-state index in [1.54, 1.807) is 15.2 Å². The summed E-state index contributed by atoms with van der Waals surface area (Å²) in [6, 6.07) is 1.94. The van der Waals surface area contributed by atoms with Crippen LogP contribution in [0.5, 0.6) is 0 Å². The third-order valence-corrected chi connectivity index (χ3v) is 7.80. The van der Waals surface area contributed by atoms with Crippen LogP contribution in [-0.4, -0.2) is 84.2 Å². The predicted molar refractivity (Wildman–Crippen MR) is 115 cm³/mol. The van der Waals surface area contributed by atoms with E-state index in [1.807, 2.05) is 33.3 Å². The van der Waals surface area contributed by atoms with Crippen LogP contribution in [0.2, 0.25) is 0 Å². The molecule has 0 N–H and O–H groups in total. The smallest absolute Gasteiger partial charge is 0.246 e. The van der Waals surface area contributed by atoms with E-state index in [9.17, 15) is 8.42 Å². The van der Waals surface area contributed by atoms with Gasteiger partial charge in [-0.25, -0.2) is 18.4 Å². The fourth-order valence-corrected chi connectivity index (χ4v) is 5.93. The van der Waals surface area contributed by atoms with E-state index in [-0.39, 0.29) is 16.7 Å². The summed E-state index contributed by atoms with van der Waals surface area (Å²) in [6.45, 7) is 6.25. The molecule has 4 rings (SSSR count). The molecule has 2 aliphatic heterocycles. The summed E-state index contributed by atoms with van der Waals surface area (Å²) in [6.07, 6.45) is 7.20. The summed E-state index contributed by atoms with van der Waals surface area (Å²) in [5.74, 6) is 0.962. The van der Waals surface area contributed by atoms with Gasteiger partial charge in [0.05, 0.1) is 11.9 Å². The Labute approximate surface area is 178 Å². The molecule has 2 aromatic rings. The second-order valence-electron chi connectivity index (χ2n) is 8.46. The topological polar surface area (TPSA) is 87.5 Å². The van der Waals surface area contributed by atoms with Gasteiger partial charge in [-0.3, -0.25) is 4.68 Å². The van der Waals surface area contributed by atoms with Crippen molar-refractivity contribution in [3.63, 3.8) is 0 Å². The normalized spacial score (nSPS) is 23.0. The van der Waals surface area contributed by atoms with Crippen molar-refractivity contribution in [1.29, 1.82) is 0 Å². The number of sulfonamides is 1. The van der Waals surface area contributed by atoms with Gasteiger partial charge in [-0.05, 0) is 45.8 Å². The Bertz CT molecular complexity index is 969. The molecule has 30 heavy (non-hydrogen) atoms. The van der Waals surface area contributed by atoms with Gasteiger partial charge in [0.15, 0.2) is 0 Å². The number of hydrogen-bond acceptors (Lipinski definition) is 7. The molecule has 0 spiro atoms. The molecule has 2 fully saturated rings. The van der Waals surface area contributed by atoms with Crippen molar-refractivity contribution in [2.75, 3.05) is 51.7 Å². The Hall–Kier alpha value is -2.04. The predicted octanol–water partition coefficient (Wildman–Crippen LogP) is 1.26. The Morgan fingerprint density at radius 3 is 2.63 bits per heavy atom. The zero-order valence-electron chi connectivity index (χ0n) is 18.0. The Morgan fingerprint density at radius 2 is 1.97 bits per heavy atom. The lowest BCUT2D eigenvalue weighted by atomic mass is 9.92. The Kier molecular flexibility index (Phi) is 6.08. The summed E-state index contributed by atoms with van der Waals surface area (Å²) in [5.41, 5.74) is 0.931. The molecule has 0 bridgehead atoms. The lowest BCUT2D eigenvalue weighted by molar-refractivity contribution is 0.315. The fourth-order valence-electron chi connectivity index (χ4n) is 4.45. The minimum Gasteiger partial charge on any atom is -0.341 e. The summed E-state index contributed by atoms with van der Waals surface area (Å²) in [5, 5.41) is 4.15. The largest absolute Gasteiger partial charge is 0.341 e. The molecule has 2 saturated heterocycles. The first kappa shape index (κ1) is 21.2. The third-order valence-electron chi connectivity index (χ3n) is 6.01. The second kappa shape index (κ2) is 8.60. The first-order chi connectivity index (χ1) is 14.4. The minimum absolute atomic E-state index is 0.0350. The highest BCUT2D eigenvalue weighted by Crippen LogP contribution is 2.35. The van der Waals surface area contributed by atoms with Gasteiger partial charge in [-0.1, -0.05) is 0 Å². The number of aryl methyl sites for hydroxylation is 1. The lowest BCUT2D eigenvalue weighted by Crippen LogP contribution is -2.30. The van der Waals surface area contributed by atoms with Gasteiger partial charge >= 0.3 is 0 Å². The molecule has 0 aliphatic carbocycles. The van der Waals surface area contributed by atoms with Gasteiger partial charge in [0.25, 0.3) is 0 Å². The van der Waals surface area contributed by atoms with Crippen LogP contribution in [0.25, 0.3) is 0 Å². The average molecular weight is 434 g/mol. The van der Waals surface area contributed by atoms with Crippen LogP contribution < -0.4 is 4.90 Å². The van der Waals surface area contributed by atoms with Crippen molar-refractivity contribution < 1.29 is 8.42 Å². The van der Waals surface area contributed by atoms with Crippen molar-refractivity contribution in [2.24, 2.45) is 5.92 Å². The van der Waals surface area contributed by atoms with Crippen molar-refractivity contribution >= 4 is 16.0 Å². The highest BCUT2D eigenvalue weighted by molar-refractivity contribution is 7.89. The van der Waals surface area contributed by atoms with Crippen LogP contribution in [-0.2, 0) is 16.6 Å². The monoisotopic (exact) mass is 433 g/mol. The van der Waals surface area contributed by atoms with Gasteiger partial charge < -0.3 is 9.80 Å². The maximum atomic E-state index is 13.3. The number of anilines is 1. The molecule has 0 radical (unpaired) electrons. The number of rotatable bonds is 7. The number of nitrogens with zero attached hydrogens (tertiary/aromatic N) is 7.